The zero-order valence-electron chi connectivity index (χ0n) is 15.1. The Hall–Kier alpha value is -2.85. The second-order valence-corrected chi connectivity index (χ2v) is 6.31. The first-order valence-electron chi connectivity index (χ1n) is 8.66. The van der Waals surface area contributed by atoms with Gasteiger partial charge in [0.05, 0.1) is 13.7 Å². The number of fused-ring (bicyclic) bond motifs is 1. The molecule has 0 spiro atoms. The zero-order valence-corrected chi connectivity index (χ0v) is 15.1. The quantitative estimate of drug-likeness (QED) is 0.714. The first-order chi connectivity index (χ1) is 12.6. The third-order valence-corrected chi connectivity index (χ3v) is 4.46. The van der Waals surface area contributed by atoms with Gasteiger partial charge in [-0.3, -0.25) is 4.79 Å². The number of ether oxygens (including phenoxy) is 1. The Morgan fingerprint density at radius 3 is 2.65 bits per heavy atom. The summed E-state index contributed by atoms with van der Waals surface area (Å²) in [5.74, 6) is 0.784. The smallest absolute Gasteiger partial charge is 0.216 e. The molecule has 0 fully saturated rings. The molecule has 2 N–H and O–H groups in total. The highest BCUT2D eigenvalue weighted by atomic mass is 16.5. The molecule has 3 aromatic rings. The van der Waals surface area contributed by atoms with E-state index in [1.165, 1.54) is 6.92 Å². The fourth-order valence-corrected chi connectivity index (χ4v) is 3.14. The summed E-state index contributed by atoms with van der Waals surface area (Å²) in [5, 5.41) is 14.5. The Morgan fingerprint density at radius 1 is 1.08 bits per heavy atom. The predicted octanol–water partition coefficient (Wildman–Crippen LogP) is 3.69. The minimum Gasteiger partial charge on any atom is -0.497 e. The normalized spacial score (nSPS) is 10.7. The summed E-state index contributed by atoms with van der Waals surface area (Å²) in [6, 6.07) is 18.2. The molecule has 0 bridgehead atoms. The van der Waals surface area contributed by atoms with Gasteiger partial charge in [-0.05, 0) is 63.7 Å². The van der Waals surface area contributed by atoms with Crippen LogP contribution in [0, 0.1) is 0 Å². The van der Waals surface area contributed by atoms with E-state index in [1.807, 2.05) is 36.4 Å². The van der Waals surface area contributed by atoms with E-state index in [-0.39, 0.29) is 12.5 Å². The van der Waals surface area contributed by atoms with Crippen molar-refractivity contribution in [2.75, 3.05) is 13.7 Å². The maximum Gasteiger partial charge on any atom is 0.216 e. The molecule has 0 saturated carbocycles. The number of hydrogen-bond donors (Lipinski definition) is 2. The topological polar surface area (TPSA) is 58.6 Å². The molecule has 4 heteroatoms. The average Bonchev–Trinajstić information content (AvgIpc) is 2.67. The van der Waals surface area contributed by atoms with E-state index in [0.29, 0.717) is 6.54 Å². The van der Waals surface area contributed by atoms with Crippen LogP contribution in [0.1, 0.15) is 18.1 Å². The van der Waals surface area contributed by atoms with Crippen molar-refractivity contribution in [3.8, 4) is 16.9 Å². The number of benzene rings is 3. The zero-order chi connectivity index (χ0) is 18.5. The average molecular weight is 349 g/mol. The molecule has 0 radical (unpaired) electrons. The molecular formula is C22H23NO3. The highest BCUT2D eigenvalue weighted by molar-refractivity contribution is 5.91. The first kappa shape index (κ1) is 18.0. The summed E-state index contributed by atoms with van der Waals surface area (Å²) >= 11 is 0. The maximum atomic E-state index is 11.2. The highest BCUT2D eigenvalue weighted by Gasteiger charge is 2.08. The van der Waals surface area contributed by atoms with Crippen LogP contribution in [0.15, 0.2) is 54.6 Å². The van der Waals surface area contributed by atoms with Crippen molar-refractivity contribution in [3.05, 3.63) is 65.7 Å². The Kier molecular flexibility index (Phi) is 5.54. The van der Waals surface area contributed by atoms with Crippen molar-refractivity contribution < 1.29 is 14.6 Å². The lowest BCUT2D eigenvalue weighted by atomic mass is 9.94. The Morgan fingerprint density at radius 2 is 1.92 bits per heavy atom. The van der Waals surface area contributed by atoms with Crippen LogP contribution in [0.2, 0.25) is 0 Å². The number of nitrogens with one attached hydrogen (secondary N) is 1. The molecule has 0 heterocycles. The Balaban J connectivity index is 2.08. The Labute approximate surface area is 153 Å². The fourth-order valence-electron chi connectivity index (χ4n) is 3.14. The van der Waals surface area contributed by atoms with E-state index in [1.54, 1.807) is 7.11 Å². The van der Waals surface area contributed by atoms with Crippen molar-refractivity contribution in [1.82, 2.24) is 5.32 Å². The third-order valence-electron chi connectivity index (χ3n) is 4.46. The molecule has 0 aliphatic rings. The highest BCUT2D eigenvalue weighted by Crippen LogP contribution is 2.31. The summed E-state index contributed by atoms with van der Waals surface area (Å²) < 4.78 is 5.37. The van der Waals surface area contributed by atoms with Crippen LogP contribution in [0.5, 0.6) is 5.75 Å². The molecule has 134 valence electrons. The van der Waals surface area contributed by atoms with Gasteiger partial charge in [-0.15, -0.1) is 0 Å². The number of carbonyl (C=O) groups is 1. The second kappa shape index (κ2) is 8.02. The van der Waals surface area contributed by atoms with Crippen LogP contribution >= 0.6 is 0 Å². The number of amides is 1. The van der Waals surface area contributed by atoms with E-state index < -0.39 is 0 Å². The van der Waals surface area contributed by atoms with Gasteiger partial charge in [0, 0.05) is 13.5 Å². The number of rotatable bonds is 6. The molecule has 0 unspecified atom stereocenters. The van der Waals surface area contributed by atoms with Crippen LogP contribution in [0.25, 0.3) is 21.9 Å². The maximum absolute atomic E-state index is 11.2. The molecule has 0 aliphatic heterocycles. The van der Waals surface area contributed by atoms with Gasteiger partial charge in [-0.25, -0.2) is 0 Å². The van der Waals surface area contributed by atoms with Crippen molar-refractivity contribution in [1.29, 1.82) is 0 Å². The molecule has 4 nitrogen and oxygen atoms in total. The summed E-state index contributed by atoms with van der Waals surface area (Å²) in [6.07, 6.45) is 0.733. The molecule has 0 aliphatic carbocycles. The molecular weight excluding hydrogens is 326 g/mol. The number of hydrogen-bond acceptors (Lipinski definition) is 3. The molecule has 0 atom stereocenters. The van der Waals surface area contributed by atoms with Crippen molar-refractivity contribution in [3.63, 3.8) is 0 Å². The third kappa shape index (κ3) is 4.03. The van der Waals surface area contributed by atoms with Crippen molar-refractivity contribution >= 4 is 16.7 Å². The van der Waals surface area contributed by atoms with Gasteiger partial charge in [0.15, 0.2) is 0 Å². The largest absolute Gasteiger partial charge is 0.497 e. The van der Waals surface area contributed by atoms with Gasteiger partial charge in [-0.2, -0.15) is 0 Å². The lowest BCUT2D eigenvalue weighted by Crippen LogP contribution is -2.22. The monoisotopic (exact) mass is 349 g/mol. The van der Waals surface area contributed by atoms with Gasteiger partial charge >= 0.3 is 0 Å². The first-order valence-corrected chi connectivity index (χ1v) is 8.66. The lowest BCUT2D eigenvalue weighted by Gasteiger charge is -2.13. The fraction of sp³-hybridized carbons (Fsp3) is 0.227. The summed E-state index contributed by atoms with van der Waals surface area (Å²) in [6.45, 7) is 2.13. The Bertz CT molecular complexity index is 934. The predicted molar refractivity (Wildman–Crippen MR) is 104 cm³/mol. The second-order valence-electron chi connectivity index (χ2n) is 6.31. The van der Waals surface area contributed by atoms with Gasteiger partial charge in [0.2, 0.25) is 5.91 Å². The van der Waals surface area contributed by atoms with E-state index in [4.69, 9.17) is 4.74 Å². The molecule has 0 saturated heterocycles. The minimum atomic E-state index is -0.0290. The number of aliphatic hydroxyl groups is 1. The van der Waals surface area contributed by atoms with Gasteiger partial charge in [-0.1, -0.05) is 30.3 Å². The number of carbonyl (C=O) groups excluding carboxylic acids is 1. The number of methoxy groups -OCH3 is 1. The van der Waals surface area contributed by atoms with Crippen LogP contribution < -0.4 is 10.1 Å². The molecule has 0 aromatic heterocycles. The van der Waals surface area contributed by atoms with E-state index in [9.17, 15) is 9.90 Å². The van der Waals surface area contributed by atoms with Gasteiger partial charge in [0.1, 0.15) is 5.75 Å². The standard InChI is InChI=1S/C22H23NO3/c1-15(25)23-9-8-19-12-20(17-5-3-4-16(10-17)14-24)11-18-6-7-21(26-2)13-22(18)19/h3-7,10-13,24H,8-9,14H2,1-2H3,(H,23,25). The molecule has 3 rings (SSSR count). The van der Waals surface area contributed by atoms with Gasteiger partial charge in [0.25, 0.3) is 0 Å². The van der Waals surface area contributed by atoms with Crippen LogP contribution in [0.3, 0.4) is 0 Å². The molecule has 1 amide bonds. The van der Waals surface area contributed by atoms with Crippen LogP contribution in [-0.2, 0) is 17.8 Å². The van der Waals surface area contributed by atoms with Crippen LogP contribution in [0.4, 0.5) is 0 Å². The van der Waals surface area contributed by atoms with E-state index in [0.717, 1.165) is 45.2 Å². The SMILES string of the molecule is COc1ccc2cc(-c3cccc(CO)c3)cc(CCNC(C)=O)c2c1. The summed E-state index contributed by atoms with van der Waals surface area (Å²) in [5.41, 5.74) is 4.20. The summed E-state index contributed by atoms with van der Waals surface area (Å²) in [7, 11) is 1.66. The van der Waals surface area contributed by atoms with E-state index >= 15 is 0 Å². The number of aliphatic hydroxyl groups excluding tert-OH is 1. The lowest BCUT2D eigenvalue weighted by molar-refractivity contribution is -0.118. The van der Waals surface area contributed by atoms with E-state index in [2.05, 4.69) is 23.5 Å². The summed E-state index contributed by atoms with van der Waals surface area (Å²) in [4.78, 5) is 11.2. The van der Waals surface area contributed by atoms with Crippen LogP contribution in [-0.4, -0.2) is 24.7 Å². The molecule has 3 aromatic carbocycles. The van der Waals surface area contributed by atoms with Crippen molar-refractivity contribution in [2.24, 2.45) is 0 Å². The molecule has 26 heavy (non-hydrogen) atoms. The minimum absolute atomic E-state index is 0.0218. The van der Waals surface area contributed by atoms with Gasteiger partial charge < -0.3 is 15.2 Å². The van der Waals surface area contributed by atoms with Crippen molar-refractivity contribution in [2.45, 2.75) is 20.0 Å².